The fraction of sp³-hybridized carbons (Fsp3) is 0.222. The highest BCUT2D eigenvalue weighted by atomic mass is 16.6. The Morgan fingerprint density at radius 2 is 2.60 bits per heavy atom. The maximum absolute atomic E-state index is 10.2. The van der Waals surface area contributed by atoms with Gasteiger partial charge in [0.05, 0.1) is 12.0 Å². The highest BCUT2D eigenvalue weighted by Gasteiger charge is 2.01. The number of aromatic nitrogens is 1. The van der Waals surface area contributed by atoms with E-state index in [0.717, 1.165) is 11.8 Å². The Balaban J connectivity index is 2.52. The van der Waals surface area contributed by atoms with Gasteiger partial charge in [0, 0.05) is 18.9 Å². The molecule has 0 atom stereocenters. The van der Waals surface area contributed by atoms with Crippen molar-refractivity contribution < 1.29 is 9.66 Å². The Morgan fingerprint density at radius 3 is 3.13 bits per heavy atom. The van der Waals surface area contributed by atoms with Crippen LogP contribution in [0.5, 0.6) is 0 Å². The van der Waals surface area contributed by atoms with Crippen LogP contribution in [0.1, 0.15) is 5.56 Å². The standard InChI is InChI=1S/C9H11N3O3/c1-15-9(7-12(13)14)11-6-8-3-2-4-10-5-8/h2-5,7,11H,6H2,1H3/b9-7-. The summed E-state index contributed by atoms with van der Waals surface area (Å²) in [5.74, 6) is 0.115. The number of pyridine rings is 1. The fourth-order valence-corrected chi connectivity index (χ4v) is 0.958. The van der Waals surface area contributed by atoms with E-state index in [1.54, 1.807) is 18.5 Å². The molecule has 1 N–H and O–H groups in total. The van der Waals surface area contributed by atoms with Crippen LogP contribution in [0, 0.1) is 10.1 Å². The minimum Gasteiger partial charge on any atom is -0.478 e. The summed E-state index contributed by atoms with van der Waals surface area (Å²) in [5, 5.41) is 13.0. The van der Waals surface area contributed by atoms with Gasteiger partial charge in [-0.25, -0.2) is 0 Å². The molecule has 0 radical (unpaired) electrons. The maximum atomic E-state index is 10.2. The summed E-state index contributed by atoms with van der Waals surface area (Å²) < 4.78 is 4.77. The van der Waals surface area contributed by atoms with E-state index in [0.29, 0.717) is 6.54 Å². The highest BCUT2D eigenvalue weighted by Crippen LogP contribution is 1.97. The molecule has 0 fully saturated rings. The van der Waals surface area contributed by atoms with Crippen LogP contribution in [0.4, 0.5) is 0 Å². The van der Waals surface area contributed by atoms with Gasteiger partial charge in [-0.2, -0.15) is 0 Å². The van der Waals surface area contributed by atoms with Crippen LogP contribution in [0.25, 0.3) is 0 Å². The van der Waals surface area contributed by atoms with Crippen molar-refractivity contribution in [2.75, 3.05) is 7.11 Å². The van der Waals surface area contributed by atoms with Gasteiger partial charge in [0.1, 0.15) is 0 Å². The minimum atomic E-state index is -0.574. The second-order valence-corrected chi connectivity index (χ2v) is 2.70. The minimum absolute atomic E-state index is 0.115. The van der Waals surface area contributed by atoms with E-state index in [-0.39, 0.29) is 5.88 Å². The van der Waals surface area contributed by atoms with Gasteiger partial charge in [-0.05, 0) is 11.6 Å². The number of nitro groups is 1. The molecule has 80 valence electrons. The molecule has 1 aromatic rings. The zero-order chi connectivity index (χ0) is 11.1. The van der Waals surface area contributed by atoms with Gasteiger partial charge < -0.3 is 10.1 Å². The Morgan fingerprint density at radius 1 is 1.80 bits per heavy atom. The van der Waals surface area contributed by atoms with Gasteiger partial charge in [0.15, 0.2) is 0 Å². The van der Waals surface area contributed by atoms with Crippen molar-refractivity contribution in [2.45, 2.75) is 6.54 Å². The lowest BCUT2D eigenvalue weighted by atomic mass is 10.3. The van der Waals surface area contributed by atoms with E-state index >= 15 is 0 Å². The molecule has 0 amide bonds. The lowest BCUT2D eigenvalue weighted by molar-refractivity contribution is -0.405. The largest absolute Gasteiger partial charge is 0.478 e. The van der Waals surface area contributed by atoms with E-state index < -0.39 is 4.92 Å². The third kappa shape index (κ3) is 4.08. The van der Waals surface area contributed by atoms with Gasteiger partial charge in [0.2, 0.25) is 0 Å². The third-order valence-corrected chi connectivity index (χ3v) is 1.63. The molecule has 1 heterocycles. The summed E-state index contributed by atoms with van der Waals surface area (Å²) in [4.78, 5) is 13.5. The number of nitrogens with zero attached hydrogens (tertiary/aromatic N) is 2. The van der Waals surface area contributed by atoms with E-state index in [1.165, 1.54) is 7.11 Å². The molecule has 15 heavy (non-hydrogen) atoms. The summed E-state index contributed by atoms with van der Waals surface area (Å²) in [6, 6.07) is 3.65. The maximum Gasteiger partial charge on any atom is 0.293 e. The van der Waals surface area contributed by atoms with Crippen LogP contribution in [0.2, 0.25) is 0 Å². The molecule has 0 aromatic carbocycles. The summed E-state index contributed by atoms with van der Waals surface area (Å²) in [5.41, 5.74) is 0.920. The number of hydrogen-bond donors (Lipinski definition) is 1. The zero-order valence-corrected chi connectivity index (χ0v) is 8.21. The van der Waals surface area contributed by atoms with Crippen LogP contribution in [0.3, 0.4) is 0 Å². The van der Waals surface area contributed by atoms with Crippen LogP contribution < -0.4 is 5.32 Å². The Bertz CT molecular complexity index is 351. The molecule has 0 aliphatic carbocycles. The fourth-order valence-electron chi connectivity index (χ4n) is 0.958. The molecular formula is C9H11N3O3. The lowest BCUT2D eigenvalue weighted by Gasteiger charge is -2.06. The monoisotopic (exact) mass is 209 g/mol. The topological polar surface area (TPSA) is 77.3 Å². The average molecular weight is 209 g/mol. The first-order valence-corrected chi connectivity index (χ1v) is 4.24. The van der Waals surface area contributed by atoms with Crippen molar-refractivity contribution in [1.29, 1.82) is 0 Å². The molecule has 0 saturated heterocycles. The summed E-state index contributed by atoms with van der Waals surface area (Å²) in [6.07, 6.45) is 4.11. The molecular weight excluding hydrogens is 198 g/mol. The van der Waals surface area contributed by atoms with Crippen LogP contribution in [-0.2, 0) is 11.3 Å². The molecule has 0 spiro atoms. The normalized spacial score (nSPS) is 10.9. The summed E-state index contributed by atoms with van der Waals surface area (Å²) in [6.45, 7) is 0.432. The quantitative estimate of drug-likeness (QED) is 0.442. The van der Waals surface area contributed by atoms with E-state index in [4.69, 9.17) is 4.74 Å². The van der Waals surface area contributed by atoms with Crippen molar-refractivity contribution in [3.63, 3.8) is 0 Å². The first-order chi connectivity index (χ1) is 7.22. The van der Waals surface area contributed by atoms with E-state index in [1.807, 2.05) is 6.07 Å². The van der Waals surface area contributed by atoms with Crippen molar-refractivity contribution in [3.8, 4) is 0 Å². The Hall–Kier alpha value is -2.11. The molecule has 6 heteroatoms. The second kappa shape index (κ2) is 5.58. The van der Waals surface area contributed by atoms with Gasteiger partial charge >= 0.3 is 0 Å². The van der Waals surface area contributed by atoms with Crippen molar-refractivity contribution in [1.82, 2.24) is 10.3 Å². The van der Waals surface area contributed by atoms with Crippen molar-refractivity contribution in [3.05, 3.63) is 52.3 Å². The predicted octanol–water partition coefficient (Wildman–Crippen LogP) is 0.893. The highest BCUT2D eigenvalue weighted by molar-refractivity contribution is 5.08. The van der Waals surface area contributed by atoms with Crippen LogP contribution >= 0.6 is 0 Å². The van der Waals surface area contributed by atoms with Gasteiger partial charge in [-0.1, -0.05) is 6.07 Å². The van der Waals surface area contributed by atoms with Crippen molar-refractivity contribution >= 4 is 0 Å². The lowest BCUT2D eigenvalue weighted by Crippen LogP contribution is -2.15. The molecule has 0 aliphatic heterocycles. The Labute approximate surface area is 86.7 Å². The number of ether oxygens (including phenoxy) is 1. The predicted molar refractivity (Wildman–Crippen MR) is 53.2 cm³/mol. The smallest absolute Gasteiger partial charge is 0.293 e. The van der Waals surface area contributed by atoms with E-state index in [9.17, 15) is 10.1 Å². The van der Waals surface area contributed by atoms with Gasteiger partial charge in [-0.3, -0.25) is 15.1 Å². The third-order valence-electron chi connectivity index (χ3n) is 1.63. The molecule has 0 aliphatic rings. The molecule has 0 unspecified atom stereocenters. The van der Waals surface area contributed by atoms with Crippen LogP contribution in [-0.4, -0.2) is 17.0 Å². The SMILES string of the molecule is CO/C(=C\[N+](=O)[O-])NCc1cccnc1. The Kier molecular flexibility index (Phi) is 4.08. The second-order valence-electron chi connectivity index (χ2n) is 2.70. The molecule has 0 saturated carbocycles. The number of hydrogen-bond acceptors (Lipinski definition) is 5. The first kappa shape index (κ1) is 11.0. The number of nitrogens with one attached hydrogen (secondary N) is 1. The van der Waals surface area contributed by atoms with Crippen LogP contribution in [0.15, 0.2) is 36.6 Å². The van der Waals surface area contributed by atoms with Crippen molar-refractivity contribution in [2.24, 2.45) is 0 Å². The molecule has 1 aromatic heterocycles. The molecule has 6 nitrogen and oxygen atoms in total. The summed E-state index contributed by atoms with van der Waals surface area (Å²) >= 11 is 0. The molecule has 1 rings (SSSR count). The first-order valence-electron chi connectivity index (χ1n) is 4.24. The number of methoxy groups -OCH3 is 1. The van der Waals surface area contributed by atoms with Gasteiger partial charge in [0.25, 0.3) is 12.1 Å². The van der Waals surface area contributed by atoms with E-state index in [2.05, 4.69) is 10.3 Å². The zero-order valence-electron chi connectivity index (χ0n) is 8.21. The average Bonchev–Trinajstić information content (AvgIpc) is 2.25. The molecule has 0 bridgehead atoms. The summed E-state index contributed by atoms with van der Waals surface area (Å²) in [7, 11) is 1.37. The van der Waals surface area contributed by atoms with Gasteiger partial charge in [-0.15, -0.1) is 0 Å². The number of rotatable bonds is 5.